The molecular formula is C14H20BrNO4. The molecule has 5 nitrogen and oxygen atoms in total. The first kappa shape index (κ1) is 16.8. The summed E-state index contributed by atoms with van der Waals surface area (Å²) in [5.74, 6) is 0.283. The number of benzene rings is 1. The molecule has 0 amide bonds. The molecule has 0 saturated carbocycles. The molecule has 1 rings (SSSR count). The lowest BCUT2D eigenvalue weighted by Gasteiger charge is -2.21. The van der Waals surface area contributed by atoms with Crippen molar-refractivity contribution in [1.82, 2.24) is 0 Å². The number of carboxylic acid groups (broad SMARTS) is 1. The number of aliphatic carboxylic acids is 1. The van der Waals surface area contributed by atoms with Crippen LogP contribution in [0.1, 0.15) is 38.3 Å². The second-order valence-corrected chi connectivity index (χ2v) is 5.65. The number of hydrogen-bond acceptors (Lipinski definition) is 4. The topological polar surface area (TPSA) is 81.8 Å². The second-order valence-electron chi connectivity index (χ2n) is 4.73. The van der Waals surface area contributed by atoms with Gasteiger partial charge < -0.3 is 20.3 Å². The fraction of sp³-hybridized carbons (Fsp3) is 0.500. The Balaban J connectivity index is 3.13. The molecule has 1 aromatic rings. The number of nitrogens with two attached hydrogens (primary N) is 1. The number of hydrogen-bond donors (Lipinski definition) is 2. The summed E-state index contributed by atoms with van der Waals surface area (Å²) in [5, 5.41) is 8.76. The molecular weight excluding hydrogens is 326 g/mol. The van der Waals surface area contributed by atoms with Crippen LogP contribution in [-0.4, -0.2) is 24.3 Å². The van der Waals surface area contributed by atoms with E-state index in [-0.39, 0.29) is 12.5 Å². The van der Waals surface area contributed by atoms with Crippen molar-refractivity contribution in [2.75, 3.05) is 7.11 Å². The summed E-state index contributed by atoms with van der Waals surface area (Å²) >= 11 is 3.40. The molecule has 1 unspecified atom stereocenters. The van der Waals surface area contributed by atoms with Gasteiger partial charge in [0, 0.05) is 22.5 Å². The van der Waals surface area contributed by atoms with Crippen molar-refractivity contribution >= 4 is 21.9 Å². The van der Waals surface area contributed by atoms with Gasteiger partial charge in [0.2, 0.25) is 0 Å². The number of ether oxygens (including phenoxy) is 2. The first-order chi connectivity index (χ1) is 9.35. The molecule has 3 N–H and O–H groups in total. The summed E-state index contributed by atoms with van der Waals surface area (Å²) in [6.45, 7) is 3.82. The highest BCUT2D eigenvalue weighted by Crippen LogP contribution is 2.39. The SMILES string of the molecule is COc1cc(Br)cc(C(N)CCC(=O)O)c1OC(C)C. The van der Waals surface area contributed by atoms with E-state index in [1.165, 1.54) is 0 Å². The zero-order chi connectivity index (χ0) is 15.3. The van der Waals surface area contributed by atoms with Crippen molar-refractivity contribution in [3.05, 3.63) is 22.2 Å². The molecule has 0 spiro atoms. The number of rotatable bonds is 7. The summed E-state index contributed by atoms with van der Waals surface area (Å²) in [5.41, 5.74) is 6.83. The molecule has 0 heterocycles. The van der Waals surface area contributed by atoms with Crippen LogP contribution in [0.2, 0.25) is 0 Å². The highest BCUT2D eigenvalue weighted by Gasteiger charge is 2.19. The van der Waals surface area contributed by atoms with Crippen molar-refractivity contribution < 1.29 is 19.4 Å². The normalized spacial score (nSPS) is 12.3. The third-order valence-corrected chi connectivity index (χ3v) is 3.15. The Morgan fingerprint density at radius 2 is 2.10 bits per heavy atom. The van der Waals surface area contributed by atoms with Crippen LogP contribution in [0.5, 0.6) is 11.5 Å². The molecule has 20 heavy (non-hydrogen) atoms. The minimum absolute atomic E-state index is 0.0110. The van der Waals surface area contributed by atoms with Crippen molar-refractivity contribution in [2.24, 2.45) is 5.73 Å². The minimum Gasteiger partial charge on any atom is -0.493 e. The first-order valence-electron chi connectivity index (χ1n) is 6.36. The zero-order valence-electron chi connectivity index (χ0n) is 11.9. The molecule has 0 saturated heterocycles. The lowest BCUT2D eigenvalue weighted by Crippen LogP contribution is -2.16. The van der Waals surface area contributed by atoms with E-state index in [1.54, 1.807) is 13.2 Å². The molecule has 0 bridgehead atoms. The quantitative estimate of drug-likeness (QED) is 0.793. The van der Waals surface area contributed by atoms with Gasteiger partial charge in [-0.1, -0.05) is 15.9 Å². The van der Waals surface area contributed by atoms with E-state index in [1.807, 2.05) is 19.9 Å². The first-order valence-corrected chi connectivity index (χ1v) is 7.16. The summed E-state index contributed by atoms with van der Waals surface area (Å²) in [6, 6.07) is 3.21. The molecule has 1 atom stereocenters. The van der Waals surface area contributed by atoms with Crippen LogP contribution in [0.3, 0.4) is 0 Å². The van der Waals surface area contributed by atoms with E-state index in [9.17, 15) is 4.79 Å². The van der Waals surface area contributed by atoms with Crippen LogP contribution in [0.25, 0.3) is 0 Å². The Labute approximate surface area is 127 Å². The molecule has 0 fully saturated rings. The lowest BCUT2D eigenvalue weighted by atomic mass is 10.0. The minimum atomic E-state index is -0.867. The molecule has 0 aliphatic rings. The van der Waals surface area contributed by atoms with Gasteiger partial charge in [-0.3, -0.25) is 4.79 Å². The molecule has 0 radical (unpaired) electrons. The second kappa shape index (κ2) is 7.50. The Hall–Kier alpha value is -1.27. The van der Waals surface area contributed by atoms with Gasteiger partial charge in [-0.2, -0.15) is 0 Å². The van der Waals surface area contributed by atoms with Crippen molar-refractivity contribution in [3.8, 4) is 11.5 Å². The van der Waals surface area contributed by atoms with Gasteiger partial charge in [-0.15, -0.1) is 0 Å². The lowest BCUT2D eigenvalue weighted by molar-refractivity contribution is -0.137. The fourth-order valence-corrected chi connectivity index (χ4v) is 2.27. The van der Waals surface area contributed by atoms with E-state index in [4.69, 9.17) is 20.3 Å². The monoisotopic (exact) mass is 345 g/mol. The van der Waals surface area contributed by atoms with E-state index >= 15 is 0 Å². The van der Waals surface area contributed by atoms with Crippen LogP contribution in [-0.2, 0) is 4.79 Å². The molecule has 112 valence electrons. The predicted octanol–water partition coefficient (Wildman–Crippen LogP) is 3.11. The third kappa shape index (κ3) is 4.68. The van der Waals surface area contributed by atoms with Crippen LogP contribution < -0.4 is 15.2 Å². The summed E-state index contributed by atoms with van der Waals surface area (Å²) in [4.78, 5) is 10.7. The van der Waals surface area contributed by atoms with E-state index in [2.05, 4.69) is 15.9 Å². The van der Waals surface area contributed by atoms with Gasteiger partial charge >= 0.3 is 5.97 Å². The maximum Gasteiger partial charge on any atom is 0.303 e. The Kier molecular flexibility index (Phi) is 6.29. The highest BCUT2D eigenvalue weighted by atomic mass is 79.9. The molecule has 6 heteroatoms. The van der Waals surface area contributed by atoms with Crippen LogP contribution in [0, 0.1) is 0 Å². The molecule has 1 aromatic carbocycles. The van der Waals surface area contributed by atoms with E-state index < -0.39 is 12.0 Å². The van der Waals surface area contributed by atoms with Gasteiger partial charge in [-0.25, -0.2) is 0 Å². The number of methoxy groups -OCH3 is 1. The number of carboxylic acids is 1. The van der Waals surface area contributed by atoms with Crippen molar-refractivity contribution in [3.63, 3.8) is 0 Å². The Morgan fingerprint density at radius 3 is 2.60 bits per heavy atom. The standard InChI is InChI=1S/C14H20BrNO4/c1-8(2)20-14-10(11(16)4-5-13(17)18)6-9(15)7-12(14)19-3/h6-8,11H,4-5,16H2,1-3H3,(H,17,18). The third-order valence-electron chi connectivity index (χ3n) is 2.69. The average Bonchev–Trinajstić information content (AvgIpc) is 2.36. The van der Waals surface area contributed by atoms with Crippen LogP contribution >= 0.6 is 15.9 Å². The van der Waals surface area contributed by atoms with E-state index in [0.717, 1.165) is 10.0 Å². The van der Waals surface area contributed by atoms with Gasteiger partial charge in [0.25, 0.3) is 0 Å². The van der Waals surface area contributed by atoms with Gasteiger partial charge in [-0.05, 0) is 32.4 Å². The van der Waals surface area contributed by atoms with Crippen molar-refractivity contribution in [2.45, 2.75) is 38.8 Å². The van der Waals surface area contributed by atoms with Crippen molar-refractivity contribution in [1.29, 1.82) is 0 Å². The maximum absolute atomic E-state index is 10.7. The van der Waals surface area contributed by atoms with Gasteiger partial charge in [0.05, 0.1) is 13.2 Å². The molecule has 0 aromatic heterocycles. The smallest absolute Gasteiger partial charge is 0.303 e. The van der Waals surface area contributed by atoms with Gasteiger partial charge in [0.15, 0.2) is 11.5 Å². The largest absolute Gasteiger partial charge is 0.493 e. The van der Waals surface area contributed by atoms with E-state index in [0.29, 0.717) is 17.9 Å². The molecule has 0 aliphatic carbocycles. The molecule has 0 aliphatic heterocycles. The predicted molar refractivity (Wildman–Crippen MR) is 80.3 cm³/mol. The Bertz CT molecular complexity index is 476. The van der Waals surface area contributed by atoms with Crippen LogP contribution in [0.15, 0.2) is 16.6 Å². The summed E-state index contributed by atoms with van der Waals surface area (Å²) in [7, 11) is 1.56. The number of halogens is 1. The highest BCUT2D eigenvalue weighted by molar-refractivity contribution is 9.10. The average molecular weight is 346 g/mol. The Morgan fingerprint density at radius 1 is 1.45 bits per heavy atom. The fourth-order valence-electron chi connectivity index (χ4n) is 1.81. The zero-order valence-corrected chi connectivity index (χ0v) is 13.4. The summed E-state index contributed by atoms with van der Waals surface area (Å²) in [6.07, 6.45) is 0.316. The number of carbonyl (C=O) groups is 1. The van der Waals surface area contributed by atoms with Crippen LogP contribution in [0.4, 0.5) is 0 Å². The summed E-state index contributed by atoms with van der Waals surface area (Å²) < 4.78 is 11.9. The van der Waals surface area contributed by atoms with Gasteiger partial charge in [0.1, 0.15) is 0 Å². The maximum atomic E-state index is 10.7.